The molecule has 1 atom stereocenters. The molecule has 0 aliphatic heterocycles. The fourth-order valence-electron chi connectivity index (χ4n) is 5.46. The number of sulfone groups is 1. The van der Waals surface area contributed by atoms with Crippen molar-refractivity contribution in [3.8, 4) is 0 Å². The van der Waals surface area contributed by atoms with E-state index in [0.717, 1.165) is 35.1 Å². The van der Waals surface area contributed by atoms with Gasteiger partial charge >= 0.3 is 12.2 Å². The van der Waals surface area contributed by atoms with Crippen LogP contribution in [0, 0.1) is 0 Å². The highest BCUT2D eigenvalue weighted by molar-refractivity contribution is 7.90. The molecule has 1 unspecified atom stereocenters. The van der Waals surface area contributed by atoms with E-state index in [-0.39, 0.29) is 23.2 Å². The lowest BCUT2D eigenvalue weighted by Gasteiger charge is -2.28. The fourth-order valence-corrected chi connectivity index (χ4v) is 6.41. The highest BCUT2D eigenvalue weighted by atomic mass is 32.2. The SMILES string of the molecule is CC(C)(C)OC(=O)N(C(=O)OC(C)(C)C)c1nccc2cc(NC(C(=O)NCc3ccccc3S(C)(=O)=O)c3cccc(C4CC4)c3)ccc12. The summed E-state index contributed by atoms with van der Waals surface area (Å²) in [6, 6.07) is 20.6. The van der Waals surface area contributed by atoms with E-state index in [4.69, 9.17) is 9.47 Å². The van der Waals surface area contributed by atoms with Crippen molar-refractivity contribution in [1.82, 2.24) is 10.3 Å². The maximum absolute atomic E-state index is 13.9. The van der Waals surface area contributed by atoms with Crippen molar-refractivity contribution in [2.24, 2.45) is 0 Å². The zero-order valence-corrected chi connectivity index (χ0v) is 30.3. The first-order valence-electron chi connectivity index (χ1n) is 16.5. The fraction of sp³-hybridized carbons (Fsp3) is 0.368. The molecule has 0 saturated heterocycles. The van der Waals surface area contributed by atoms with Crippen LogP contribution in [0.2, 0.25) is 0 Å². The van der Waals surface area contributed by atoms with Gasteiger partial charge in [0.05, 0.1) is 4.90 Å². The van der Waals surface area contributed by atoms with E-state index in [1.807, 2.05) is 18.2 Å². The predicted molar refractivity (Wildman–Crippen MR) is 193 cm³/mol. The Bertz CT molecular complexity index is 2000. The molecule has 2 N–H and O–H groups in total. The summed E-state index contributed by atoms with van der Waals surface area (Å²) in [6.07, 6.45) is 2.95. The molecule has 12 heteroatoms. The van der Waals surface area contributed by atoms with E-state index in [1.54, 1.807) is 84.0 Å². The minimum atomic E-state index is -3.50. The van der Waals surface area contributed by atoms with Gasteiger partial charge in [0, 0.05) is 30.1 Å². The van der Waals surface area contributed by atoms with Gasteiger partial charge in [0.25, 0.3) is 0 Å². The van der Waals surface area contributed by atoms with Crippen LogP contribution in [0.25, 0.3) is 10.8 Å². The largest absolute Gasteiger partial charge is 0.443 e. The van der Waals surface area contributed by atoms with Crippen molar-refractivity contribution in [1.29, 1.82) is 0 Å². The Morgan fingerprint density at radius 1 is 0.880 bits per heavy atom. The van der Waals surface area contributed by atoms with Gasteiger partial charge in [0.1, 0.15) is 17.2 Å². The van der Waals surface area contributed by atoms with Gasteiger partial charge in [-0.3, -0.25) is 4.79 Å². The second kappa shape index (κ2) is 14.1. The molecule has 264 valence electrons. The van der Waals surface area contributed by atoms with E-state index < -0.39 is 39.3 Å². The lowest BCUT2D eigenvalue weighted by Crippen LogP contribution is -2.44. The molecule has 5 rings (SSSR count). The number of benzene rings is 3. The molecule has 3 aromatic carbocycles. The number of imide groups is 1. The predicted octanol–water partition coefficient (Wildman–Crippen LogP) is 7.66. The van der Waals surface area contributed by atoms with E-state index in [0.29, 0.717) is 27.9 Å². The molecule has 1 aliphatic rings. The first-order valence-corrected chi connectivity index (χ1v) is 18.4. The first kappa shape index (κ1) is 36.3. The Labute approximate surface area is 293 Å². The van der Waals surface area contributed by atoms with E-state index in [9.17, 15) is 22.8 Å². The Hall–Kier alpha value is -4.97. The van der Waals surface area contributed by atoms with Gasteiger partial charge in [-0.15, -0.1) is 0 Å². The summed E-state index contributed by atoms with van der Waals surface area (Å²) in [6.45, 7) is 10.2. The quantitative estimate of drug-likeness (QED) is 0.180. The van der Waals surface area contributed by atoms with Gasteiger partial charge in [-0.2, -0.15) is 4.90 Å². The average molecular weight is 701 g/mol. The van der Waals surface area contributed by atoms with E-state index in [2.05, 4.69) is 21.7 Å². The Morgan fingerprint density at radius 3 is 2.16 bits per heavy atom. The summed E-state index contributed by atoms with van der Waals surface area (Å²) in [5, 5.41) is 7.40. The van der Waals surface area contributed by atoms with Crippen LogP contribution < -0.4 is 15.5 Å². The number of ether oxygens (including phenoxy) is 2. The number of aromatic nitrogens is 1. The van der Waals surface area contributed by atoms with E-state index >= 15 is 0 Å². The number of carbonyl (C=O) groups excluding carboxylic acids is 3. The van der Waals surface area contributed by atoms with Crippen LogP contribution in [0.4, 0.5) is 21.1 Å². The lowest BCUT2D eigenvalue weighted by atomic mass is 10.00. The molecular formula is C38H44N4O7S. The van der Waals surface area contributed by atoms with Gasteiger partial charge in [0.15, 0.2) is 15.7 Å². The average Bonchev–Trinajstić information content (AvgIpc) is 3.87. The number of nitrogens with zero attached hydrogens (tertiary/aromatic N) is 2. The van der Waals surface area contributed by atoms with Crippen molar-refractivity contribution in [3.05, 3.63) is 95.7 Å². The maximum atomic E-state index is 13.9. The molecule has 1 fully saturated rings. The Morgan fingerprint density at radius 2 is 1.54 bits per heavy atom. The molecule has 0 bridgehead atoms. The summed E-state index contributed by atoms with van der Waals surface area (Å²) in [5.74, 6) is 0.149. The molecule has 1 saturated carbocycles. The van der Waals surface area contributed by atoms with Crippen molar-refractivity contribution >= 4 is 50.2 Å². The highest BCUT2D eigenvalue weighted by Gasteiger charge is 2.35. The Balaban J connectivity index is 1.49. The normalized spacial score (nSPS) is 14.1. The van der Waals surface area contributed by atoms with Gasteiger partial charge < -0.3 is 20.1 Å². The lowest BCUT2D eigenvalue weighted by molar-refractivity contribution is -0.122. The minimum Gasteiger partial charge on any atom is -0.443 e. The van der Waals surface area contributed by atoms with Crippen LogP contribution in [0.3, 0.4) is 0 Å². The second-order valence-electron chi connectivity index (χ2n) is 14.5. The summed E-state index contributed by atoms with van der Waals surface area (Å²) < 4.78 is 35.9. The maximum Gasteiger partial charge on any atom is 0.425 e. The Kier molecular flexibility index (Phi) is 10.2. The molecule has 3 amide bonds. The first-order chi connectivity index (χ1) is 23.4. The zero-order valence-electron chi connectivity index (χ0n) is 29.4. The van der Waals surface area contributed by atoms with Crippen molar-refractivity contribution in [2.75, 3.05) is 16.5 Å². The molecule has 0 radical (unpaired) electrons. The third-order valence-electron chi connectivity index (χ3n) is 7.80. The summed E-state index contributed by atoms with van der Waals surface area (Å²) in [5.41, 5.74) is 1.20. The van der Waals surface area contributed by atoms with Crippen LogP contribution in [0.1, 0.15) is 83.0 Å². The topological polar surface area (TPSA) is 144 Å². The smallest absolute Gasteiger partial charge is 0.425 e. The third kappa shape index (κ3) is 9.17. The van der Waals surface area contributed by atoms with Crippen LogP contribution in [0.15, 0.2) is 83.9 Å². The molecule has 11 nitrogen and oxygen atoms in total. The number of amides is 3. The molecule has 0 spiro atoms. The number of hydrogen-bond acceptors (Lipinski definition) is 9. The van der Waals surface area contributed by atoms with Crippen molar-refractivity contribution in [3.63, 3.8) is 0 Å². The number of pyridine rings is 1. The van der Waals surface area contributed by atoms with Gasteiger partial charge in [-0.1, -0.05) is 42.5 Å². The van der Waals surface area contributed by atoms with Crippen LogP contribution >= 0.6 is 0 Å². The number of carbonyl (C=O) groups is 3. The summed E-state index contributed by atoms with van der Waals surface area (Å²) >= 11 is 0. The monoisotopic (exact) mass is 700 g/mol. The number of anilines is 2. The molecule has 4 aromatic rings. The van der Waals surface area contributed by atoms with Gasteiger partial charge in [-0.05, 0) is 113 Å². The van der Waals surface area contributed by atoms with Crippen molar-refractivity contribution < 1.29 is 32.3 Å². The third-order valence-corrected chi connectivity index (χ3v) is 9.00. The van der Waals surface area contributed by atoms with Crippen molar-refractivity contribution in [2.45, 2.75) is 89.0 Å². The number of rotatable bonds is 9. The number of hydrogen-bond donors (Lipinski definition) is 2. The standard InChI is InChI=1S/C38H44N4O7S/c1-37(2,3)48-35(44)42(36(45)49-38(4,5)6)33-30-18-17-29(22-26(30)19-20-39-33)41-32(27-13-10-12-25(21-27)24-15-16-24)34(43)40-23-28-11-8-9-14-31(28)50(7,46)47/h8-14,17-22,24,32,41H,15-16,23H2,1-7H3,(H,40,43). The highest BCUT2D eigenvalue weighted by Crippen LogP contribution is 2.41. The van der Waals surface area contributed by atoms with E-state index in [1.165, 1.54) is 12.3 Å². The molecule has 50 heavy (non-hydrogen) atoms. The second-order valence-corrected chi connectivity index (χ2v) is 16.5. The van der Waals surface area contributed by atoms with Gasteiger partial charge in [-0.25, -0.2) is 23.0 Å². The van der Waals surface area contributed by atoms with Crippen LogP contribution in [-0.4, -0.2) is 49.0 Å². The van der Waals surface area contributed by atoms with Gasteiger partial charge in [0.2, 0.25) is 5.91 Å². The number of nitrogens with one attached hydrogen (secondary N) is 2. The molecule has 1 heterocycles. The molecule has 1 aromatic heterocycles. The molecule has 1 aliphatic carbocycles. The molecular weight excluding hydrogens is 657 g/mol. The van der Waals surface area contributed by atoms with Crippen LogP contribution in [0.5, 0.6) is 0 Å². The zero-order chi connectivity index (χ0) is 36.4. The summed E-state index contributed by atoms with van der Waals surface area (Å²) in [4.78, 5) is 46.0. The number of fused-ring (bicyclic) bond motifs is 1. The van der Waals surface area contributed by atoms with Crippen LogP contribution in [-0.2, 0) is 30.7 Å². The minimum absolute atomic E-state index is 0.0144. The summed E-state index contributed by atoms with van der Waals surface area (Å²) in [7, 11) is -3.50.